The SMILES string of the molecule is COC(=O)c1cc(Cl)c2nnc(CCSC)n2c1. The number of esters is 1. The Morgan fingerprint density at radius 1 is 1.56 bits per heavy atom. The molecule has 0 bridgehead atoms. The molecule has 0 N–H and O–H groups in total. The van der Waals surface area contributed by atoms with Crippen molar-refractivity contribution in [3.8, 4) is 0 Å². The van der Waals surface area contributed by atoms with Gasteiger partial charge < -0.3 is 4.74 Å². The molecule has 0 atom stereocenters. The van der Waals surface area contributed by atoms with E-state index in [-0.39, 0.29) is 0 Å². The Hall–Kier alpha value is -1.27. The molecule has 0 aliphatic heterocycles. The molecule has 5 nitrogen and oxygen atoms in total. The van der Waals surface area contributed by atoms with Crippen LogP contribution in [0.3, 0.4) is 0 Å². The monoisotopic (exact) mass is 285 g/mol. The second-order valence-corrected chi connectivity index (χ2v) is 5.01. The molecular weight excluding hydrogens is 274 g/mol. The molecule has 0 fully saturated rings. The van der Waals surface area contributed by atoms with Crippen LogP contribution >= 0.6 is 23.4 Å². The van der Waals surface area contributed by atoms with E-state index in [1.165, 1.54) is 13.2 Å². The lowest BCUT2D eigenvalue weighted by atomic mass is 10.3. The number of methoxy groups -OCH3 is 1. The summed E-state index contributed by atoms with van der Waals surface area (Å²) in [5.41, 5.74) is 0.945. The molecule has 0 saturated heterocycles. The molecule has 2 aromatic heterocycles. The lowest BCUT2D eigenvalue weighted by Crippen LogP contribution is -2.05. The summed E-state index contributed by atoms with van der Waals surface area (Å²) >= 11 is 7.80. The van der Waals surface area contributed by atoms with E-state index in [9.17, 15) is 4.79 Å². The third-order valence-corrected chi connectivity index (χ3v) is 3.37. The molecular formula is C11H12ClN3O2S. The highest BCUT2D eigenvalue weighted by atomic mass is 35.5. The van der Waals surface area contributed by atoms with Crippen LogP contribution in [0.4, 0.5) is 0 Å². The van der Waals surface area contributed by atoms with Crippen molar-refractivity contribution in [1.29, 1.82) is 0 Å². The first-order chi connectivity index (χ1) is 8.67. The number of thioether (sulfide) groups is 1. The number of carbonyl (C=O) groups is 1. The highest BCUT2D eigenvalue weighted by Gasteiger charge is 2.14. The van der Waals surface area contributed by atoms with Crippen LogP contribution in [0, 0.1) is 0 Å². The molecule has 2 rings (SSSR count). The van der Waals surface area contributed by atoms with Crippen molar-refractivity contribution in [3.05, 3.63) is 28.7 Å². The fraction of sp³-hybridized carbons (Fsp3) is 0.364. The molecule has 96 valence electrons. The summed E-state index contributed by atoms with van der Waals surface area (Å²) in [6.07, 6.45) is 4.45. The van der Waals surface area contributed by atoms with Gasteiger partial charge in [-0.1, -0.05) is 11.6 Å². The minimum atomic E-state index is -0.427. The molecule has 0 aliphatic carbocycles. The smallest absolute Gasteiger partial charge is 0.339 e. The third-order valence-electron chi connectivity index (χ3n) is 2.48. The normalized spacial score (nSPS) is 10.8. The van der Waals surface area contributed by atoms with Gasteiger partial charge in [-0.3, -0.25) is 4.40 Å². The fourth-order valence-corrected chi connectivity index (χ4v) is 2.23. The van der Waals surface area contributed by atoms with Gasteiger partial charge in [-0.25, -0.2) is 4.79 Å². The van der Waals surface area contributed by atoms with Crippen LogP contribution in [0.5, 0.6) is 0 Å². The number of fused-ring (bicyclic) bond motifs is 1. The van der Waals surface area contributed by atoms with Crippen LogP contribution in [0.2, 0.25) is 5.02 Å². The highest BCUT2D eigenvalue weighted by Crippen LogP contribution is 2.19. The molecule has 0 aromatic carbocycles. The van der Waals surface area contributed by atoms with Crippen LogP contribution in [-0.2, 0) is 11.2 Å². The number of aryl methyl sites for hydroxylation is 1. The molecule has 2 heterocycles. The summed E-state index contributed by atoms with van der Waals surface area (Å²) < 4.78 is 6.42. The highest BCUT2D eigenvalue weighted by molar-refractivity contribution is 7.98. The number of hydrogen-bond acceptors (Lipinski definition) is 5. The Bertz CT molecular complexity index is 585. The predicted octanol–water partition coefficient (Wildman–Crippen LogP) is 2.07. The summed E-state index contributed by atoms with van der Waals surface area (Å²) in [6, 6.07) is 1.54. The van der Waals surface area contributed by atoms with Crippen LogP contribution in [0.1, 0.15) is 16.2 Å². The molecule has 0 amide bonds. The van der Waals surface area contributed by atoms with E-state index >= 15 is 0 Å². The average molecular weight is 286 g/mol. The number of hydrogen-bond donors (Lipinski definition) is 0. The zero-order valence-corrected chi connectivity index (χ0v) is 11.6. The number of pyridine rings is 1. The van der Waals surface area contributed by atoms with E-state index in [1.54, 1.807) is 22.4 Å². The summed E-state index contributed by atoms with van der Waals surface area (Å²) in [4.78, 5) is 11.5. The largest absolute Gasteiger partial charge is 0.465 e. The molecule has 18 heavy (non-hydrogen) atoms. The molecule has 0 unspecified atom stereocenters. The number of rotatable bonds is 4. The first-order valence-electron chi connectivity index (χ1n) is 5.27. The lowest BCUT2D eigenvalue weighted by Gasteiger charge is -2.03. The number of ether oxygens (including phenoxy) is 1. The average Bonchev–Trinajstić information content (AvgIpc) is 2.79. The molecule has 7 heteroatoms. The molecule has 0 spiro atoms. The van der Waals surface area contributed by atoms with Crippen molar-refractivity contribution in [2.45, 2.75) is 6.42 Å². The minimum absolute atomic E-state index is 0.389. The fourth-order valence-electron chi connectivity index (χ4n) is 1.59. The van der Waals surface area contributed by atoms with Gasteiger partial charge in [-0.2, -0.15) is 11.8 Å². The number of aromatic nitrogens is 3. The van der Waals surface area contributed by atoms with Gasteiger partial charge >= 0.3 is 5.97 Å². The number of nitrogens with zero attached hydrogens (tertiary/aromatic N) is 3. The molecule has 0 aliphatic rings. The van der Waals surface area contributed by atoms with Crippen molar-refractivity contribution < 1.29 is 9.53 Å². The van der Waals surface area contributed by atoms with Crippen molar-refractivity contribution in [2.75, 3.05) is 19.1 Å². The van der Waals surface area contributed by atoms with E-state index in [0.29, 0.717) is 16.2 Å². The zero-order valence-electron chi connectivity index (χ0n) is 10.0. The Balaban J connectivity index is 2.50. The quantitative estimate of drug-likeness (QED) is 0.805. The maximum Gasteiger partial charge on any atom is 0.339 e. The van der Waals surface area contributed by atoms with Gasteiger partial charge in [-0.15, -0.1) is 10.2 Å². The van der Waals surface area contributed by atoms with E-state index in [4.69, 9.17) is 11.6 Å². The zero-order chi connectivity index (χ0) is 13.1. The maximum absolute atomic E-state index is 11.5. The van der Waals surface area contributed by atoms with Gasteiger partial charge in [0.15, 0.2) is 5.65 Å². The first kappa shape index (κ1) is 13.2. The van der Waals surface area contributed by atoms with Crippen LogP contribution in [0.15, 0.2) is 12.3 Å². The Labute approximate surface area is 113 Å². The van der Waals surface area contributed by atoms with E-state index in [1.807, 2.05) is 6.26 Å². The number of halogens is 1. The van der Waals surface area contributed by atoms with Gasteiger partial charge in [-0.05, 0) is 12.3 Å². The van der Waals surface area contributed by atoms with Crippen LogP contribution in [-0.4, -0.2) is 39.7 Å². The van der Waals surface area contributed by atoms with E-state index in [0.717, 1.165) is 18.0 Å². The second-order valence-electron chi connectivity index (χ2n) is 3.62. The van der Waals surface area contributed by atoms with Crippen molar-refractivity contribution in [3.63, 3.8) is 0 Å². The van der Waals surface area contributed by atoms with Gasteiger partial charge in [0.25, 0.3) is 0 Å². The second kappa shape index (κ2) is 5.58. The van der Waals surface area contributed by atoms with Crippen molar-refractivity contribution in [2.24, 2.45) is 0 Å². The van der Waals surface area contributed by atoms with Crippen LogP contribution < -0.4 is 0 Å². The van der Waals surface area contributed by atoms with Crippen molar-refractivity contribution in [1.82, 2.24) is 14.6 Å². The summed E-state index contributed by atoms with van der Waals surface area (Å²) in [5, 5.41) is 8.49. The Kier molecular flexibility index (Phi) is 4.08. The summed E-state index contributed by atoms with van der Waals surface area (Å²) in [6.45, 7) is 0. The standard InChI is InChI=1S/C11H12ClN3O2S/c1-17-11(16)7-5-8(12)10-14-13-9(3-4-18-2)15(10)6-7/h5-6H,3-4H2,1-2H3. The molecule has 0 radical (unpaired) electrons. The topological polar surface area (TPSA) is 56.5 Å². The lowest BCUT2D eigenvalue weighted by molar-refractivity contribution is 0.0600. The van der Waals surface area contributed by atoms with Crippen molar-refractivity contribution >= 4 is 35.0 Å². The number of carbonyl (C=O) groups excluding carboxylic acids is 1. The van der Waals surface area contributed by atoms with Gasteiger partial charge in [0.2, 0.25) is 0 Å². The summed E-state index contributed by atoms with van der Waals surface area (Å²) in [5.74, 6) is 1.29. The minimum Gasteiger partial charge on any atom is -0.465 e. The Morgan fingerprint density at radius 3 is 3.00 bits per heavy atom. The Morgan fingerprint density at radius 2 is 2.33 bits per heavy atom. The first-order valence-corrected chi connectivity index (χ1v) is 7.05. The van der Waals surface area contributed by atoms with E-state index in [2.05, 4.69) is 14.9 Å². The molecule has 2 aromatic rings. The molecule has 0 saturated carbocycles. The third kappa shape index (κ3) is 2.44. The van der Waals surface area contributed by atoms with Gasteiger partial charge in [0.05, 0.1) is 17.7 Å². The van der Waals surface area contributed by atoms with Gasteiger partial charge in [0.1, 0.15) is 5.82 Å². The van der Waals surface area contributed by atoms with Gasteiger partial charge in [0, 0.05) is 18.4 Å². The van der Waals surface area contributed by atoms with Crippen LogP contribution in [0.25, 0.3) is 5.65 Å². The predicted molar refractivity (Wildman–Crippen MR) is 71.4 cm³/mol. The summed E-state index contributed by atoms with van der Waals surface area (Å²) in [7, 11) is 1.33. The maximum atomic E-state index is 11.5. The van der Waals surface area contributed by atoms with E-state index < -0.39 is 5.97 Å².